The molecule has 6 heteroatoms. The molecule has 0 spiro atoms. The summed E-state index contributed by atoms with van der Waals surface area (Å²) in [6.07, 6.45) is -0.838. The second kappa shape index (κ2) is 4.05. The van der Waals surface area contributed by atoms with Crippen molar-refractivity contribution in [3.63, 3.8) is 0 Å². The summed E-state index contributed by atoms with van der Waals surface area (Å²) >= 11 is 7.99. The molecule has 0 saturated heterocycles. The van der Waals surface area contributed by atoms with Crippen molar-refractivity contribution in [2.24, 2.45) is 0 Å². The number of halogens is 2. The zero-order chi connectivity index (χ0) is 11.0. The van der Waals surface area contributed by atoms with Crippen LogP contribution in [0.3, 0.4) is 0 Å². The molecule has 0 aliphatic carbocycles. The minimum absolute atomic E-state index is 0.249. The van der Waals surface area contributed by atoms with Crippen LogP contribution in [0.1, 0.15) is 0 Å². The number of hydrogen-bond acceptors (Lipinski definition) is 3. The molecule has 0 aromatic heterocycles. The summed E-state index contributed by atoms with van der Waals surface area (Å²) in [6, 6.07) is 3.46. The molecule has 1 heterocycles. The fraction of sp³-hybridized carbons (Fsp3) is 0.222. The maximum absolute atomic E-state index is 10.7. The molecule has 0 fully saturated rings. The van der Waals surface area contributed by atoms with E-state index < -0.39 is 12.1 Å². The van der Waals surface area contributed by atoms with Gasteiger partial charge in [-0.3, -0.25) is 0 Å². The third-order valence-electron chi connectivity index (χ3n) is 2.05. The van der Waals surface area contributed by atoms with Gasteiger partial charge in [-0.2, -0.15) is 0 Å². The Balaban J connectivity index is 2.34. The van der Waals surface area contributed by atoms with Gasteiger partial charge in [0.25, 0.3) is 0 Å². The number of aliphatic carboxylic acids is 1. The molecular weight excluding hydrogens is 332 g/mol. The van der Waals surface area contributed by atoms with E-state index in [0.29, 0.717) is 10.8 Å². The van der Waals surface area contributed by atoms with Gasteiger partial charge in [-0.1, -0.05) is 11.6 Å². The van der Waals surface area contributed by atoms with Crippen molar-refractivity contribution in [1.82, 2.24) is 0 Å². The second-order valence-corrected chi connectivity index (χ2v) is 4.66. The number of nitrogens with one attached hydrogen (secondary N) is 1. The largest absolute Gasteiger partial charge is 0.478 e. The molecule has 1 aliphatic heterocycles. The van der Waals surface area contributed by atoms with Crippen molar-refractivity contribution in [1.29, 1.82) is 0 Å². The van der Waals surface area contributed by atoms with Crippen molar-refractivity contribution in [3.8, 4) is 5.75 Å². The quantitative estimate of drug-likeness (QED) is 0.770. The summed E-state index contributed by atoms with van der Waals surface area (Å²) in [6.45, 7) is 0.249. The van der Waals surface area contributed by atoms with Crippen LogP contribution in [-0.2, 0) is 4.79 Å². The van der Waals surface area contributed by atoms with E-state index in [1.165, 1.54) is 0 Å². The lowest BCUT2D eigenvalue weighted by Crippen LogP contribution is -2.37. The number of benzene rings is 1. The van der Waals surface area contributed by atoms with Crippen LogP contribution in [0.4, 0.5) is 5.69 Å². The van der Waals surface area contributed by atoms with Gasteiger partial charge in [0.15, 0.2) is 0 Å². The number of anilines is 1. The van der Waals surface area contributed by atoms with Crippen LogP contribution in [0.15, 0.2) is 12.1 Å². The lowest BCUT2D eigenvalue weighted by atomic mass is 10.2. The van der Waals surface area contributed by atoms with Crippen LogP contribution in [0.5, 0.6) is 5.75 Å². The van der Waals surface area contributed by atoms with Gasteiger partial charge < -0.3 is 15.2 Å². The van der Waals surface area contributed by atoms with E-state index in [1.807, 2.05) is 0 Å². The minimum Gasteiger partial charge on any atom is -0.478 e. The molecule has 15 heavy (non-hydrogen) atoms. The Kier molecular flexibility index (Phi) is 2.92. The van der Waals surface area contributed by atoms with Gasteiger partial charge in [0.1, 0.15) is 5.75 Å². The van der Waals surface area contributed by atoms with Gasteiger partial charge in [-0.15, -0.1) is 0 Å². The average Bonchev–Trinajstić information content (AvgIpc) is 2.19. The minimum atomic E-state index is -0.974. The van der Waals surface area contributed by atoms with Crippen molar-refractivity contribution >= 4 is 45.8 Å². The smallest absolute Gasteiger partial charge is 0.346 e. The van der Waals surface area contributed by atoms with E-state index in [9.17, 15) is 4.79 Å². The van der Waals surface area contributed by atoms with E-state index in [-0.39, 0.29) is 6.54 Å². The first-order valence-electron chi connectivity index (χ1n) is 4.20. The third kappa shape index (κ3) is 2.12. The Morgan fingerprint density at radius 1 is 1.67 bits per heavy atom. The summed E-state index contributed by atoms with van der Waals surface area (Å²) < 4.78 is 6.14. The SMILES string of the molecule is O=C(O)C1CNc2cc(Cl)c(I)cc2O1. The first-order chi connectivity index (χ1) is 7.08. The van der Waals surface area contributed by atoms with Crippen molar-refractivity contribution < 1.29 is 14.6 Å². The lowest BCUT2D eigenvalue weighted by molar-refractivity contribution is -0.144. The van der Waals surface area contributed by atoms with Crippen LogP contribution in [0, 0.1) is 3.57 Å². The highest BCUT2D eigenvalue weighted by molar-refractivity contribution is 14.1. The maximum atomic E-state index is 10.7. The highest BCUT2D eigenvalue weighted by atomic mass is 127. The topological polar surface area (TPSA) is 58.6 Å². The third-order valence-corrected chi connectivity index (χ3v) is 3.57. The van der Waals surface area contributed by atoms with Crippen LogP contribution < -0.4 is 10.1 Å². The van der Waals surface area contributed by atoms with E-state index in [1.54, 1.807) is 12.1 Å². The van der Waals surface area contributed by atoms with Crippen molar-refractivity contribution in [3.05, 3.63) is 20.7 Å². The van der Waals surface area contributed by atoms with E-state index >= 15 is 0 Å². The summed E-state index contributed by atoms with van der Waals surface area (Å²) in [4.78, 5) is 10.7. The standard InChI is InChI=1S/C9H7ClINO3/c10-4-1-6-7(2-5(4)11)15-8(3-12-6)9(13)14/h1-2,8,12H,3H2,(H,13,14). The predicted molar refractivity (Wildman–Crippen MR) is 64.7 cm³/mol. The Bertz CT molecular complexity index is 424. The number of hydrogen-bond donors (Lipinski definition) is 2. The maximum Gasteiger partial charge on any atom is 0.346 e. The molecular formula is C9H7ClINO3. The molecule has 2 N–H and O–H groups in total. The number of carbonyl (C=O) groups is 1. The molecule has 4 nitrogen and oxygen atoms in total. The monoisotopic (exact) mass is 339 g/mol. The average molecular weight is 340 g/mol. The summed E-state index contributed by atoms with van der Waals surface area (Å²) in [5.74, 6) is -0.444. The highest BCUT2D eigenvalue weighted by Crippen LogP contribution is 2.34. The van der Waals surface area contributed by atoms with Gasteiger partial charge in [0, 0.05) is 3.57 Å². The summed E-state index contributed by atoms with van der Waals surface area (Å²) in [7, 11) is 0. The number of ether oxygens (including phenoxy) is 1. The summed E-state index contributed by atoms with van der Waals surface area (Å²) in [5, 5.41) is 12.4. The molecule has 0 saturated carbocycles. The fourth-order valence-corrected chi connectivity index (χ4v) is 1.90. The molecule has 80 valence electrons. The molecule has 1 aliphatic rings. The molecule has 1 aromatic rings. The lowest BCUT2D eigenvalue weighted by Gasteiger charge is -2.25. The van der Waals surface area contributed by atoms with Crippen molar-refractivity contribution in [2.75, 3.05) is 11.9 Å². The molecule has 1 aromatic carbocycles. The van der Waals surface area contributed by atoms with Gasteiger partial charge in [-0.05, 0) is 34.7 Å². The number of rotatable bonds is 1. The number of carboxylic acids is 1. The van der Waals surface area contributed by atoms with Crippen LogP contribution in [-0.4, -0.2) is 23.7 Å². The predicted octanol–water partition coefficient (Wildman–Crippen LogP) is 2.20. The molecule has 2 rings (SSSR count). The zero-order valence-corrected chi connectivity index (χ0v) is 10.4. The normalized spacial score (nSPS) is 18.7. The Hall–Kier alpha value is -0.690. The molecule has 0 amide bonds. The molecule has 1 atom stereocenters. The number of fused-ring (bicyclic) bond motifs is 1. The second-order valence-electron chi connectivity index (χ2n) is 3.09. The first-order valence-corrected chi connectivity index (χ1v) is 5.66. The van der Waals surface area contributed by atoms with Crippen LogP contribution in [0.25, 0.3) is 0 Å². The Morgan fingerprint density at radius 2 is 2.40 bits per heavy atom. The Labute approximate surface area is 105 Å². The molecule has 0 radical (unpaired) electrons. The zero-order valence-electron chi connectivity index (χ0n) is 7.46. The van der Waals surface area contributed by atoms with Gasteiger partial charge in [0.05, 0.1) is 17.3 Å². The van der Waals surface area contributed by atoms with E-state index in [0.717, 1.165) is 9.26 Å². The van der Waals surface area contributed by atoms with Crippen LogP contribution in [0.2, 0.25) is 5.02 Å². The number of carboxylic acid groups (broad SMARTS) is 1. The molecule has 0 bridgehead atoms. The van der Waals surface area contributed by atoms with Crippen LogP contribution >= 0.6 is 34.2 Å². The summed E-state index contributed by atoms with van der Waals surface area (Å²) in [5.41, 5.74) is 0.734. The van der Waals surface area contributed by atoms with Gasteiger partial charge in [0.2, 0.25) is 6.10 Å². The van der Waals surface area contributed by atoms with Gasteiger partial charge >= 0.3 is 5.97 Å². The van der Waals surface area contributed by atoms with Gasteiger partial charge in [-0.25, -0.2) is 4.79 Å². The molecule has 1 unspecified atom stereocenters. The van der Waals surface area contributed by atoms with Crippen molar-refractivity contribution in [2.45, 2.75) is 6.10 Å². The van der Waals surface area contributed by atoms with E-state index in [2.05, 4.69) is 27.9 Å². The van der Waals surface area contributed by atoms with E-state index in [4.69, 9.17) is 21.4 Å². The fourth-order valence-electron chi connectivity index (χ4n) is 1.30. The first kappa shape index (κ1) is 10.8. The highest BCUT2D eigenvalue weighted by Gasteiger charge is 2.25. The Morgan fingerprint density at radius 3 is 3.07 bits per heavy atom.